The number of rotatable bonds is 6. The predicted molar refractivity (Wildman–Crippen MR) is 122 cm³/mol. The first-order chi connectivity index (χ1) is 14.9. The zero-order valence-electron chi connectivity index (χ0n) is 16.2. The van der Waals surface area contributed by atoms with E-state index in [9.17, 15) is 20.0 Å². The Hall–Kier alpha value is -3.50. The number of thioether (sulfide) groups is 1. The van der Waals surface area contributed by atoms with Gasteiger partial charge in [0.15, 0.2) is 0 Å². The number of phenols is 1. The Balaban J connectivity index is 1.58. The number of carbonyl (C=O) groups excluding carboxylic acids is 1. The van der Waals surface area contributed by atoms with E-state index >= 15 is 0 Å². The van der Waals surface area contributed by atoms with Gasteiger partial charge in [-0.2, -0.15) is 0 Å². The fourth-order valence-corrected chi connectivity index (χ4v) is 5.02. The molecule has 0 aliphatic carbocycles. The van der Waals surface area contributed by atoms with Crippen LogP contribution in [0.1, 0.15) is 4.88 Å². The summed E-state index contributed by atoms with van der Waals surface area (Å²) in [6.07, 6.45) is 1.47. The van der Waals surface area contributed by atoms with E-state index in [2.05, 4.69) is 15.3 Å². The lowest BCUT2D eigenvalue weighted by atomic mass is 10.0. The Bertz CT molecular complexity index is 1290. The van der Waals surface area contributed by atoms with Gasteiger partial charge in [-0.25, -0.2) is 9.97 Å². The lowest BCUT2D eigenvalue weighted by Gasteiger charge is -2.08. The van der Waals surface area contributed by atoms with Crippen LogP contribution in [-0.2, 0) is 4.79 Å². The summed E-state index contributed by atoms with van der Waals surface area (Å²) in [6, 6.07) is 13.4. The Labute approximate surface area is 185 Å². The molecule has 156 valence electrons. The third-order valence-electron chi connectivity index (χ3n) is 4.50. The number of carbonyl (C=O) groups is 1. The fourth-order valence-electron chi connectivity index (χ4n) is 3.14. The minimum absolute atomic E-state index is 0.0102. The molecule has 2 aromatic heterocycles. The molecule has 31 heavy (non-hydrogen) atoms. The second-order valence-electron chi connectivity index (χ2n) is 6.55. The summed E-state index contributed by atoms with van der Waals surface area (Å²) >= 11 is 2.81. The highest BCUT2D eigenvalue weighted by molar-refractivity contribution is 8.00. The predicted octanol–water partition coefficient (Wildman–Crippen LogP) is 5.01. The van der Waals surface area contributed by atoms with Gasteiger partial charge in [0.25, 0.3) is 5.69 Å². The lowest BCUT2D eigenvalue weighted by Crippen LogP contribution is -2.14. The quantitative estimate of drug-likeness (QED) is 0.139. The summed E-state index contributed by atoms with van der Waals surface area (Å²) in [6.45, 7) is 2.03. The largest absolute Gasteiger partial charge is 0.506 e. The van der Waals surface area contributed by atoms with E-state index in [0.717, 1.165) is 32.3 Å². The molecule has 2 heterocycles. The number of aromatic hydroxyl groups is 1. The zero-order valence-corrected chi connectivity index (χ0v) is 17.9. The summed E-state index contributed by atoms with van der Waals surface area (Å²) in [7, 11) is 0. The number of hydrogen-bond donors (Lipinski definition) is 2. The zero-order chi connectivity index (χ0) is 22.0. The number of thiophene rings is 1. The monoisotopic (exact) mass is 452 g/mol. The van der Waals surface area contributed by atoms with E-state index in [-0.39, 0.29) is 22.9 Å². The molecule has 2 aromatic carbocycles. The van der Waals surface area contributed by atoms with Crippen LogP contribution in [0.3, 0.4) is 0 Å². The Kier molecular flexibility index (Phi) is 5.83. The van der Waals surface area contributed by atoms with Gasteiger partial charge in [-0.15, -0.1) is 11.3 Å². The number of non-ortho nitro benzene ring substituents is 1. The van der Waals surface area contributed by atoms with Crippen molar-refractivity contribution in [3.63, 3.8) is 0 Å². The molecule has 0 saturated heterocycles. The smallest absolute Gasteiger partial charge is 0.271 e. The average molecular weight is 453 g/mol. The maximum Gasteiger partial charge on any atom is 0.271 e. The Morgan fingerprint density at radius 3 is 2.74 bits per heavy atom. The standard InChI is InChI=1S/C21H16N4O4S2/c1-12-18(13-5-3-2-4-6-13)19-20(22-11-23-21(19)31-12)30-10-17(27)24-15-9-14(25(28)29)7-8-16(15)26/h2-9,11,26H,10H2,1H3,(H,24,27). The van der Waals surface area contributed by atoms with Gasteiger partial charge < -0.3 is 10.4 Å². The number of amides is 1. The number of phenolic OH excluding ortho intramolecular Hbond substituents is 1. The van der Waals surface area contributed by atoms with Crippen molar-refractivity contribution < 1.29 is 14.8 Å². The average Bonchev–Trinajstić information content (AvgIpc) is 3.10. The molecule has 0 saturated carbocycles. The van der Waals surface area contributed by atoms with Gasteiger partial charge in [0, 0.05) is 22.6 Å². The van der Waals surface area contributed by atoms with Crippen LogP contribution >= 0.6 is 23.1 Å². The molecule has 0 aliphatic heterocycles. The van der Waals surface area contributed by atoms with Gasteiger partial charge in [-0.1, -0.05) is 42.1 Å². The number of nitrogens with one attached hydrogen (secondary N) is 1. The molecule has 1 amide bonds. The molecule has 2 N–H and O–H groups in total. The van der Waals surface area contributed by atoms with Crippen molar-refractivity contribution >= 4 is 50.6 Å². The van der Waals surface area contributed by atoms with Gasteiger partial charge >= 0.3 is 0 Å². The number of nitrogens with zero attached hydrogens (tertiary/aromatic N) is 3. The minimum atomic E-state index is -0.592. The summed E-state index contributed by atoms with van der Waals surface area (Å²) in [5, 5.41) is 24.9. The van der Waals surface area contributed by atoms with E-state index in [1.165, 1.54) is 30.2 Å². The molecule has 0 bridgehead atoms. The summed E-state index contributed by atoms with van der Waals surface area (Å²) in [5.74, 6) is -0.647. The highest BCUT2D eigenvalue weighted by atomic mass is 32.2. The molecule has 0 atom stereocenters. The first-order valence-electron chi connectivity index (χ1n) is 9.13. The maximum atomic E-state index is 12.5. The van der Waals surface area contributed by atoms with Gasteiger partial charge in [0.05, 0.1) is 21.7 Å². The van der Waals surface area contributed by atoms with Crippen LogP contribution in [0.15, 0.2) is 59.9 Å². The normalized spacial score (nSPS) is 10.9. The van der Waals surface area contributed by atoms with Crippen LogP contribution in [0, 0.1) is 17.0 Å². The number of anilines is 1. The molecule has 0 unspecified atom stereocenters. The first-order valence-corrected chi connectivity index (χ1v) is 10.9. The molecular formula is C21H16N4O4S2. The minimum Gasteiger partial charge on any atom is -0.506 e. The van der Waals surface area contributed by atoms with Crippen molar-refractivity contribution in [2.45, 2.75) is 11.9 Å². The molecule has 8 nitrogen and oxygen atoms in total. The summed E-state index contributed by atoms with van der Waals surface area (Å²) in [5.41, 5.74) is 1.86. The maximum absolute atomic E-state index is 12.5. The second kappa shape index (κ2) is 8.70. The molecule has 10 heteroatoms. The Morgan fingerprint density at radius 2 is 2.00 bits per heavy atom. The topological polar surface area (TPSA) is 118 Å². The third-order valence-corrected chi connectivity index (χ3v) is 6.50. The SMILES string of the molecule is Cc1sc2ncnc(SCC(=O)Nc3cc([N+](=O)[O-])ccc3O)c2c1-c1ccccc1. The number of nitro groups is 1. The molecule has 0 fully saturated rings. The van der Waals surface area contributed by atoms with Crippen LogP contribution < -0.4 is 5.32 Å². The molecule has 4 aromatic rings. The van der Waals surface area contributed by atoms with E-state index in [1.54, 1.807) is 11.3 Å². The van der Waals surface area contributed by atoms with Gasteiger partial charge in [-0.05, 0) is 18.6 Å². The molecule has 0 aliphatic rings. The molecule has 4 rings (SSSR count). The number of nitro benzene ring substituents is 1. The van der Waals surface area contributed by atoms with Gasteiger partial charge in [-0.3, -0.25) is 14.9 Å². The highest BCUT2D eigenvalue weighted by Gasteiger charge is 2.18. The second-order valence-corrected chi connectivity index (χ2v) is 8.72. The van der Waals surface area contributed by atoms with Crippen LogP contribution in [0.5, 0.6) is 5.75 Å². The van der Waals surface area contributed by atoms with Crippen LogP contribution in [0.2, 0.25) is 0 Å². The molecule has 0 spiro atoms. The van der Waals surface area contributed by atoms with Gasteiger partial charge in [0.2, 0.25) is 5.91 Å². The highest BCUT2D eigenvalue weighted by Crippen LogP contribution is 2.41. The lowest BCUT2D eigenvalue weighted by molar-refractivity contribution is -0.384. The number of aryl methyl sites for hydroxylation is 1. The van der Waals surface area contributed by atoms with E-state index in [0.29, 0.717) is 5.03 Å². The fraction of sp³-hybridized carbons (Fsp3) is 0.0952. The van der Waals surface area contributed by atoms with E-state index < -0.39 is 10.8 Å². The number of fused-ring (bicyclic) bond motifs is 1. The van der Waals surface area contributed by atoms with Gasteiger partial charge in [0.1, 0.15) is 21.9 Å². The first kappa shape index (κ1) is 20.8. The van der Waals surface area contributed by atoms with Crippen molar-refractivity contribution in [3.05, 3.63) is 69.8 Å². The van der Waals surface area contributed by atoms with Crippen molar-refractivity contribution in [3.8, 4) is 16.9 Å². The number of benzene rings is 2. The van der Waals surface area contributed by atoms with Crippen molar-refractivity contribution in [1.82, 2.24) is 9.97 Å². The Morgan fingerprint density at radius 1 is 1.23 bits per heavy atom. The van der Waals surface area contributed by atoms with Crippen molar-refractivity contribution in [2.24, 2.45) is 0 Å². The van der Waals surface area contributed by atoms with Crippen molar-refractivity contribution in [2.75, 3.05) is 11.1 Å². The van der Waals surface area contributed by atoms with Crippen LogP contribution in [0.4, 0.5) is 11.4 Å². The van der Waals surface area contributed by atoms with Crippen LogP contribution in [-0.4, -0.2) is 31.7 Å². The summed E-state index contributed by atoms with van der Waals surface area (Å²) < 4.78 is 0. The van der Waals surface area contributed by atoms with Crippen molar-refractivity contribution in [1.29, 1.82) is 0 Å². The molecular weight excluding hydrogens is 436 g/mol. The summed E-state index contributed by atoms with van der Waals surface area (Å²) in [4.78, 5) is 33.5. The van der Waals surface area contributed by atoms with E-state index in [4.69, 9.17) is 0 Å². The number of hydrogen-bond acceptors (Lipinski definition) is 8. The third kappa shape index (κ3) is 4.35. The van der Waals surface area contributed by atoms with E-state index in [1.807, 2.05) is 37.3 Å². The van der Waals surface area contributed by atoms with Crippen LogP contribution in [0.25, 0.3) is 21.3 Å². The molecule has 0 radical (unpaired) electrons. The number of aromatic nitrogens is 2.